The molecule has 1 aromatic carbocycles. The van der Waals surface area contributed by atoms with E-state index in [0.717, 1.165) is 15.8 Å². The van der Waals surface area contributed by atoms with Crippen LogP contribution in [0.3, 0.4) is 0 Å². The lowest BCUT2D eigenvalue weighted by molar-refractivity contribution is 0.101. The van der Waals surface area contributed by atoms with Gasteiger partial charge in [-0.2, -0.15) is 5.10 Å². The minimum atomic E-state index is -0.363. The highest BCUT2D eigenvalue weighted by molar-refractivity contribution is 6.00. The summed E-state index contributed by atoms with van der Waals surface area (Å²) in [6.45, 7) is 9.78. The number of hydrogen-bond donors (Lipinski definition) is 1. The molecule has 1 amide bonds. The Labute approximate surface area is 145 Å². The lowest BCUT2D eigenvalue weighted by Crippen LogP contribution is -2.33. The summed E-state index contributed by atoms with van der Waals surface area (Å²) in [5, 5.41) is 4.62. The lowest BCUT2D eigenvalue weighted by Gasteiger charge is -2.19. The molecule has 0 aliphatic carbocycles. The first-order chi connectivity index (χ1) is 11.7. The van der Waals surface area contributed by atoms with Gasteiger partial charge in [0.15, 0.2) is 5.65 Å². The molecule has 0 aliphatic heterocycles. The molecule has 2 heterocycles. The van der Waals surface area contributed by atoms with Crippen LogP contribution in [0.4, 0.5) is 0 Å². The van der Waals surface area contributed by atoms with Crippen LogP contribution < -0.4 is 11.0 Å². The van der Waals surface area contributed by atoms with E-state index in [4.69, 9.17) is 0 Å². The van der Waals surface area contributed by atoms with Crippen LogP contribution in [0.15, 0.2) is 35.5 Å². The molecule has 0 radical (unpaired) electrons. The van der Waals surface area contributed by atoms with Crippen LogP contribution in [0.1, 0.15) is 42.3 Å². The van der Waals surface area contributed by atoms with Crippen molar-refractivity contribution in [3.63, 3.8) is 0 Å². The summed E-state index contributed by atoms with van der Waals surface area (Å²) >= 11 is 0. The van der Waals surface area contributed by atoms with Crippen molar-refractivity contribution in [1.82, 2.24) is 19.4 Å². The normalized spacial score (nSPS) is 11.7. The largest absolute Gasteiger partial charge is 0.283 e. The van der Waals surface area contributed by atoms with Crippen LogP contribution in [-0.4, -0.2) is 25.3 Å². The van der Waals surface area contributed by atoms with E-state index in [-0.39, 0.29) is 17.0 Å². The molecule has 0 atom stereocenters. The second-order valence-electron chi connectivity index (χ2n) is 7.20. The SMILES string of the molecule is Cc1cc(C)cc(C(=O)Nn2cnc3c(cnn3C(C)(C)C)c2=O)c1. The van der Waals surface area contributed by atoms with Crippen molar-refractivity contribution in [2.24, 2.45) is 0 Å². The molecule has 0 aliphatic rings. The predicted molar refractivity (Wildman–Crippen MR) is 96.4 cm³/mol. The summed E-state index contributed by atoms with van der Waals surface area (Å²) < 4.78 is 2.79. The zero-order valence-electron chi connectivity index (χ0n) is 15.0. The highest BCUT2D eigenvalue weighted by Gasteiger charge is 2.20. The molecular weight excluding hydrogens is 318 g/mol. The highest BCUT2D eigenvalue weighted by Crippen LogP contribution is 2.17. The molecule has 1 N–H and O–H groups in total. The van der Waals surface area contributed by atoms with Crippen LogP contribution in [-0.2, 0) is 5.54 Å². The Hall–Kier alpha value is -2.96. The molecule has 130 valence electrons. The van der Waals surface area contributed by atoms with Gasteiger partial charge in [-0.25, -0.2) is 14.3 Å². The van der Waals surface area contributed by atoms with Gasteiger partial charge in [0.25, 0.3) is 11.5 Å². The van der Waals surface area contributed by atoms with Crippen LogP contribution in [0.25, 0.3) is 11.0 Å². The zero-order valence-corrected chi connectivity index (χ0v) is 15.0. The Kier molecular flexibility index (Phi) is 3.94. The van der Waals surface area contributed by atoms with Crippen molar-refractivity contribution in [1.29, 1.82) is 0 Å². The molecule has 3 rings (SSSR count). The molecule has 7 heteroatoms. The van der Waals surface area contributed by atoms with E-state index >= 15 is 0 Å². The van der Waals surface area contributed by atoms with Gasteiger partial charge >= 0.3 is 0 Å². The maximum absolute atomic E-state index is 12.6. The predicted octanol–water partition coefficient (Wildman–Crippen LogP) is 2.35. The van der Waals surface area contributed by atoms with Gasteiger partial charge in [-0.1, -0.05) is 17.2 Å². The standard InChI is InChI=1S/C18H21N5O2/c1-11-6-12(2)8-13(7-11)16(24)21-22-10-19-15-14(17(22)25)9-20-23(15)18(3,4)5/h6-10H,1-5H3,(H,21,24). The second kappa shape index (κ2) is 5.84. The summed E-state index contributed by atoms with van der Waals surface area (Å²) in [6, 6.07) is 5.53. The Bertz CT molecular complexity index is 1000. The smallest absolute Gasteiger partial charge is 0.267 e. The van der Waals surface area contributed by atoms with E-state index in [0.29, 0.717) is 16.6 Å². The third-order valence-corrected chi connectivity index (χ3v) is 3.83. The third kappa shape index (κ3) is 3.17. The number of carbonyl (C=O) groups excluding carboxylic acids is 1. The van der Waals surface area contributed by atoms with Gasteiger partial charge in [0, 0.05) is 5.56 Å². The average molecular weight is 339 g/mol. The number of nitrogens with zero attached hydrogens (tertiary/aromatic N) is 4. The van der Waals surface area contributed by atoms with Crippen molar-refractivity contribution in [2.75, 3.05) is 5.43 Å². The number of fused-ring (bicyclic) bond motifs is 1. The van der Waals surface area contributed by atoms with Crippen molar-refractivity contribution in [3.05, 3.63) is 57.8 Å². The van der Waals surface area contributed by atoms with Gasteiger partial charge in [0.1, 0.15) is 11.7 Å². The Morgan fingerprint density at radius 2 is 1.76 bits per heavy atom. The quantitative estimate of drug-likeness (QED) is 0.777. The van der Waals surface area contributed by atoms with Crippen molar-refractivity contribution < 1.29 is 4.79 Å². The molecule has 7 nitrogen and oxygen atoms in total. The fraction of sp³-hybridized carbons (Fsp3) is 0.333. The Morgan fingerprint density at radius 3 is 2.36 bits per heavy atom. The number of carbonyl (C=O) groups is 1. The molecule has 0 bridgehead atoms. The lowest BCUT2D eigenvalue weighted by atomic mass is 10.1. The first kappa shape index (κ1) is 16.9. The zero-order chi connectivity index (χ0) is 18.4. The molecule has 25 heavy (non-hydrogen) atoms. The van der Waals surface area contributed by atoms with Crippen LogP contribution in [0, 0.1) is 13.8 Å². The summed E-state index contributed by atoms with van der Waals surface area (Å²) in [5.74, 6) is -0.363. The van der Waals surface area contributed by atoms with Gasteiger partial charge in [0.2, 0.25) is 0 Å². The minimum Gasteiger partial charge on any atom is -0.267 e. The molecule has 0 unspecified atom stereocenters. The van der Waals surface area contributed by atoms with Gasteiger partial charge in [-0.15, -0.1) is 0 Å². The molecule has 2 aromatic heterocycles. The molecular formula is C18H21N5O2. The van der Waals surface area contributed by atoms with E-state index in [2.05, 4.69) is 15.5 Å². The van der Waals surface area contributed by atoms with Crippen LogP contribution in [0.2, 0.25) is 0 Å². The fourth-order valence-corrected chi connectivity index (χ4v) is 2.76. The summed E-state index contributed by atoms with van der Waals surface area (Å²) in [6.07, 6.45) is 2.80. The molecule has 0 spiro atoms. The number of benzene rings is 1. The number of nitrogens with one attached hydrogen (secondary N) is 1. The number of aryl methyl sites for hydroxylation is 2. The summed E-state index contributed by atoms with van der Waals surface area (Å²) in [4.78, 5) is 29.4. The maximum Gasteiger partial charge on any atom is 0.283 e. The van der Waals surface area contributed by atoms with E-state index in [1.54, 1.807) is 16.8 Å². The molecule has 3 aromatic rings. The van der Waals surface area contributed by atoms with Crippen molar-refractivity contribution in [2.45, 2.75) is 40.2 Å². The van der Waals surface area contributed by atoms with Crippen LogP contribution >= 0.6 is 0 Å². The number of hydrogen-bond acceptors (Lipinski definition) is 4. The van der Waals surface area contributed by atoms with Crippen LogP contribution in [0.5, 0.6) is 0 Å². The number of amides is 1. The monoisotopic (exact) mass is 339 g/mol. The van der Waals surface area contributed by atoms with Gasteiger partial charge in [0.05, 0.1) is 11.7 Å². The first-order valence-electron chi connectivity index (χ1n) is 8.02. The van der Waals surface area contributed by atoms with Gasteiger partial charge in [-0.3, -0.25) is 15.0 Å². The molecule has 0 fully saturated rings. The Balaban J connectivity index is 1.98. The van der Waals surface area contributed by atoms with Crippen molar-refractivity contribution >= 4 is 16.9 Å². The highest BCUT2D eigenvalue weighted by atomic mass is 16.2. The topological polar surface area (TPSA) is 81.8 Å². The summed E-state index contributed by atoms with van der Waals surface area (Å²) in [5.41, 5.74) is 4.89. The van der Waals surface area contributed by atoms with Gasteiger partial charge in [-0.05, 0) is 46.8 Å². The second-order valence-corrected chi connectivity index (χ2v) is 7.20. The van der Waals surface area contributed by atoms with E-state index in [1.807, 2.05) is 40.7 Å². The molecule has 0 saturated heterocycles. The summed E-state index contributed by atoms with van der Waals surface area (Å²) in [7, 11) is 0. The van der Waals surface area contributed by atoms with E-state index in [9.17, 15) is 9.59 Å². The van der Waals surface area contributed by atoms with E-state index in [1.165, 1.54) is 12.5 Å². The third-order valence-electron chi connectivity index (χ3n) is 3.83. The van der Waals surface area contributed by atoms with E-state index < -0.39 is 0 Å². The number of rotatable bonds is 2. The maximum atomic E-state index is 12.6. The number of aromatic nitrogens is 4. The minimum absolute atomic E-state index is 0.296. The first-order valence-corrected chi connectivity index (χ1v) is 8.02. The average Bonchev–Trinajstić information content (AvgIpc) is 2.94. The fourth-order valence-electron chi connectivity index (χ4n) is 2.76. The van der Waals surface area contributed by atoms with Gasteiger partial charge < -0.3 is 0 Å². The Morgan fingerprint density at radius 1 is 1.12 bits per heavy atom. The van der Waals surface area contributed by atoms with Crippen molar-refractivity contribution in [3.8, 4) is 0 Å². The molecule has 0 saturated carbocycles.